The second kappa shape index (κ2) is 4.24. The highest BCUT2D eigenvalue weighted by Gasteiger charge is 2.34. The molecule has 12 heavy (non-hydrogen) atoms. The molecule has 72 valence electrons. The number of hydrogen-bond acceptors (Lipinski definition) is 2. The minimum atomic E-state index is -0.101. The van der Waals surface area contributed by atoms with Gasteiger partial charge in [0.2, 0.25) is 0 Å². The van der Waals surface area contributed by atoms with Gasteiger partial charge < -0.3 is 10.2 Å². The van der Waals surface area contributed by atoms with E-state index in [0.717, 1.165) is 19.3 Å². The predicted molar refractivity (Wildman–Crippen MR) is 48.8 cm³/mol. The molecule has 1 unspecified atom stereocenters. The van der Waals surface area contributed by atoms with Crippen molar-refractivity contribution in [3.05, 3.63) is 0 Å². The second-order valence-electron chi connectivity index (χ2n) is 4.16. The Balaban J connectivity index is 2.41. The molecule has 0 bridgehead atoms. The number of rotatable bonds is 3. The third kappa shape index (κ3) is 1.99. The lowest BCUT2D eigenvalue weighted by Crippen LogP contribution is -2.21. The molecule has 0 aromatic rings. The van der Waals surface area contributed by atoms with Crippen LogP contribution in [0.1, 0.15) is 33.1 Å². The summed E-state index contributed by atoms with van der Waals surface area (Å²) in [4.78, 5) is 0. The fourth-order valence-corrected chi connectivity index (χ4v) is 2.39. The first-order chi connectivity index (χ1) is 5.66. The standard InChI is InChI=1S/C10H20O2/c1-7(5-6-11)9-3-4-10(12)8(9)2/h7-12H,3-6H2,1-2H3/t7-,8-,9-,10?/m1/s1. The summed E-state index contributed by atoms with van der Waals surface area (Å²) in [7, 11) is 0. The minimum absolute atomic E-state index is 0.101. The van der Waals surface area contributed by atoms with E-state index in [4.69, 9.17) is 5.11 Å². The van der Waals surface area contributed by atoms with E-state index in [2.05, 4.69) is 13.8 Å². The van der Waals surface area contributed by atoms with Crippen molar-refractivity contribution in [3.63, 3.8) is 0 Å². The summed E-state index contributed by atoms with van der Waals surface area (Å²) in [6, 6.07) is 0. The molecule has 1 rings (SSSR count). The lowest BCUT2D eigenvalue weighted by atomic mass is 9.84. The van der Waals surface area contributed by atoms with Gasteiger partial charge in [-0.05, 0) is 37.0 Å². The van der Waals surface area contributed by atoms with Gasteiger partial charge in [-0.15, -0.1) is 0 Å². The van der Waals surface area contributed by atoms with Crippen molar-refractivity contribution in [2.75, 3.05) is 6.61 Å². The number of hydrogen-bond donors (Lipinski definition) is 2. The molecule has 4 atom stereocenters. The third-order valence-electron chi connectivity index (χ3n) is 3.39. The summed E-state index contributed by atoms with van der Waals surface area (Å²) >= 11 is 0. The van der Waals surface area contributed by atoms with E-state index in [-0.39, 0.29) is 12.7 Å². The molecule has 0 aliphatic heterocycles. The molecule has 0 aromatic heterocycles. The first-order valence-corrected chi connectivity index (χ1v) is 4.95. The van der Waals surface area contributed by atoms with Crippen LogP contribution in [0.4, 0.5) is 0 Å². The summed E-state index contributed by atoms with van der Waals surface area (Å²) in [5.74, 6) is 1.60. The van der Waals surface area contributed by atoms with Crippen LogP contribution < -0.4 is 0 Å². The maximum absolute atomic E-state index is 9.52. The summed E-state index contributed by atoms with van der Waals surface area (Å²) in [5.41, 5.74) is 0. The van der Waals surface area contributed by atoms with E-state index >= 15 is 0 Å². The third-order valence-corrected chi connectivity index (χ3v) is 3.39. The van der Waals surface area contributed by atoms with E-state index in [1.54, 1.807) is 0 Å². The Kier molecular flexibility index (Phi) is 3.53. The fourth-order valence-electron chi connectivity index (χ4n) is 2.39. The molecule has 0 heterocycles. The summed E-state index contributed by atoms with van der Waals surface area (Å²) in [6.45, 7) is 4.58. The fraction of sp³-hybridized carbons (Fsp3) is 1.00. The van der Waals surface area contributed by atoms with Gasteiger partial charge in [-0.3, -0.25) is 0 Å². The van der Waals surface area contributed by atoms with E-state index in [9.17, 15) is 5.11 Å². The second-order valence-corrected chi connectivity index (χ2v) is 4.16. The Labute approximate surface area is 74.6 Å². The lowest BCUT2D eigenvalue weighted by molar-refractivity contribution is 0.110. The van der Waals surface area contributed by atoms with Crippen molar-refractivity contribution in [2.45, 2.75) is 39.2 Å². The molecular weight excluding hydrogens is 152 g/mol. The van der Waals surface area contributed by atoms with Gasteiger partial charge in [0.15, 0.2) is 0 Å². The number of aliphatic hydroxyl groups excluding tert-OH is 2. The van der Waals surface area contributed by atoms with Gasteiger partial charge in [0.25, 0.3) is 0 Å². The van der Waals surface area contributed by atoms with Gasteiger partial charge in [-0.1, -0.05) is 13.8 Å². The average Bonchev–Trinajstić information content (AvgIpc) is 2.34. The maximum atomic E-state index is 9.52. The molecule has 0 aromatic carbocycles. The smallest absolute Gasteiger partial charge is 0.0568 e. The molecule has 0 saturated heterocycles. The van der Waals surface area contributed by atoms with Crippen molar-refractivity contribution in [3.8, 4) is 0 Å². The zero-order valence-electron chi connectivity index (χ0n) is 8.03. The van der Waals surface area contributed by atoms with Crippen molar-refractivity contribution >= 4 is 0 Å². The molecule has 1 saturated carbocycles. The zero-order valence-corrected chi connectivity index (χ0v) is 8.03. The van der Waals surface area contributed by atoms with Crippen LogP contribution >= 0.6 is 0 Å². The van der Waals surface area contributed by atoms with Gasteiger partial charge in [0.1, 0.15) is 0 Å². The number of aliphatic hydroxyl groups is 2. The van der Waals surface area contributed by atoms with Gasteiger partial charge in [0.05, 0.1) is 6.10 Å². The zero-order chi connectivity index (χ0) is 9.14. The van der Waals surface area contributed by atoms with Crippen LogP contribution in [0.25, 0.3) is 0 Å². The highest BCUT2D eigenvalue weighted by atomic mass is 16.3. The molecule has 2 nitrogen and oxygen atoms in total. The van der Waals surface area contributed by atoms with Crippen LogP contribution in [0.3, 0.4) is 0 Å². The Morgan fingerprint density at radius 3 is 2.50 bits per heavy atom. The van der Waals surface area contributed by atoms with E-state index in [1.165, 1.54) is 0 Å². The van der Waals surface area contributed by atoms with Crippen LogP contribution in [-0.4, -0.2) is 22.9 Å². The van der Waals surface area contributed by atoms with E-state index in [1.807, 2.05) is 0 Å². The maximum Gasteiger partial charge on any atom is 0.0568 e. The van der Waals surface area contributed by atoms with Crippen LogP contribution in [0.5, 0.6) is 0 Å². The molecule has 1 fully saturated rings. The Bertz CT molecular complexity index is 136. The minimum Gasteiger partial charge on any atom is -0.396 e. The molecule has 1 aliphatic carbocycles. The Morgan fingerprint density at radius 2 is 2.08 bits per heavy atom. The first kappa shape index (κ1) is 10.0. The van der Waals surface area contributed by atoms with Crippen LogP contribution in [0.15, 0.2) is 0 Å². The molecule has 2 heteroatoms. The van der Waals surface area contributed by atoms with Gasteiger partial charge in [0, 0.05) is 6.61 Å². The highest BCUT2D eigenvalue weighted by Crippen LogP contribution is 2.37. The summed E-state index contributed by atoms with van der Waals surface area (Å²) < 4.78 is 0. The first-order valence-electron chi connectivity index (χ1n) is 4.95. The predicted octanol–water partition coefficient (Wildman–Crippen LogP) is 1.41. The van der Waals surface area contributed by atoms with Crippen molar-refractivity contribution in [1.82, 2.24) is 0 Å². The van der Waals surface area contributed by atoms with Crippen LogP contribution in [-0.2, 0) is 0 Å². The van der Waals surface area contributed by atoms with Crippen LogP contribution in [0, 0.1) is 17.8 Å². The Morgan fingerprint density at radius 1 is 1.42 bits per heavy atom. The molecule has 0 radical (unpaired) electrons. The molecule has 1 aliphatic rings. The van der Waals surface area contributed by atoms with E-state index in [0.29, 0.717) is 17.8 Å². The van der Waals surface area contributed by atoms with Crippen molar-refractivity contribution in [2.24, 2.45) is 17.8 Å². The Hall–Kier alpha value is -0.0800. The summed E-state index contributed by atoms with van der Waals surface area (Å²) in [5, 5.41) is 18.3. The quantitative estimate of drug-likeness (QED) is 0.675. The van der Waals surface area contributed by atoms with E-state index < -0.39 is 0 Å². The largest absolute Gasteiger partial charge is 0.396 e. The van der Waals surface area contributed by atoms with Gasteiger partial charge in [-0.2, -0.15) is 0 Å². The van der Waals surface area contributed by atoms with Gasteiger partial charge in [-0.25, -0.2) is 0 Å². The highest BCUT2D eigenvalue weighted by molar-refractivity contribution is 4.84. The monoisotopic (exact) mass is 172 g/mol. The van der Waals surface area contributed by atoms with Crippen molar-refractivity contribution in [1.29, 1.82) is 0 Å². The lowest BCUT2D eigenvalue weighted by Gasteiger charge is -2.23. The molecule has 0 amide bonds. The normalized spacial score (nSPS) is 38.5. The van der Waals surface area contributed by atoms with Gasteiger partial charge >= 0.3 is 0 Å². The summed E-state index contributed by atoms with van der Waals surface area (Å²) in [6.07, 6.45) is 2.85. The molecular formula is C10H20O2. The van der Waals surface area contributed by atoms with Crippen LogP contribution in [0.2, 0.25) is 0 Å². The molecule has 0 spiro atoms. The topological polar surface area (TPSA) is 40.5 Å². The molecule has 2 N–H and O–H groups in total. The van der Waals surface area contributed by atoms with Crippen molar-refractivity contribution < 1.29 is 10.2 Å². The average molecular weight is 172 g/mol. The SMILES string of the molecule is C[C@H](CCO)[C@H]1CCC(O)[C@@H]1C.